The molecule has 0 N–H and O–H groups in total. The van der Waals surface area contributed by atoms with E-state index in [-0.39, 0.29) is 0 Å². The van der Waals surface area contributed by atoms with Crippen molar-refractivity contribution in [3.63, 3.8) is 0 Å². The standard InChI is InChI=1S/C26H18N2O2/c1-15-11-19-20(12-16(15)2)28-26(24-14-18-8-4-6-10-22(18)30-24)25(27-19)23-13-17-7-3-5-9-21(17)29-23/h3-14H,1-2H3. The minimum absolute atomic E-state index is 0.680. The molecule has 0 atom stereocenters. The predicted molar refractivity (Wildman–Crippen MR) is 119 cm³/mol. The van der Waals surface area contributed by atoms with Crippen LogP contribution in [0.25, 0.3) is 55.9 Å². The highest BCUT2D eigenvalue weighted by Crippen LogP contribution is 2.36. The van der Waals surface area contributed by atoms with Gasteiger partial charge in [0.25, 0.3) is 0 Å². The highest BCUT2D eigenvalue weighted by Gasteiger charge is 2.20. The second kappa shape index (κ2) is 6.29. The van der Waals surface area contributed by atoms with Crippen LogP contribution in [0, 0.1) is 13.8 Å². The van der Waals surface area contributed by atoms with Crippen molar-refractivity contribution in [2.45, 2.75) is 13.8 Å². The second-order valence-corrected chi connectivity index (χ2v) is 7.64. The van der Waals surface area contributed by atoms with Gasteiger partial charge in [0.15, 0.2) is 11.5 Å². The lowest BCUT2D eigenvalue weighted by atomic mass is 10.1. The molecular weight excluding hydrogens is 372 g/mol. The summed E-state index contributed by atoms with van der Waals surface area (Å²) in [5.41, 5.74) is 7.06. The van der Waals surface area contributed by atoms with Gasteiger partial charge in [0.05, 0.1) is 11.0 Å². The Morgan fingerprint density at radius 1 is 0.567 bits per heavy atom. The number of aryl methyl sites for hydroxylation is 2. The van der Waals surface area contributed by atoms with Gasteiger partial charge in [0, 0.05) is 10.8 Å². The zero-order chi connectivity index (χ0) is 20.2. The molecule has 0 aliphatic rings. The van der Waals surface area contributed by atoms with Crippen molar-refractivity contribution in [3.8, 4) is 22.9 Å². The molecule has 6 aromatic rings. The number of hydrogen-bond donors (Lipinski definition) is 0. The number of nitrogens with zero attached hydrogens (tertiary/aromatic N) is 2. The smallest absolute Gasteiger partial charge is 0.156 e. The zero-order valence-electron chi connectivity index (χ0n) is 16.6. The molecule has 144 valence electrons. The van der Waals surface area contributed by atoms with Gasteiger partial charge in [-0.25, -0.2) is 9.97 Å². The topological polar surface area (TPSA) is 52.1 Å². The first kappa shape index (κ1) is 17.0. The molecule has 3 aromatic heterocycles. The Hall–Kier alpha value is -3.92. The summed E-state index contributed by atoms with van der Waals surface area (Å²) in [6.07, 6.45) is 0. The van der Waals surface area contributed by atoms with Crippen molar-refractivity contribution in [1.29, 1.82) is 0 Å². The Balaban J connectivity index is 1.68. The first-order valence-electron chi connectivity index (χ1n) is 9.93. The summed E-state index contributed by atoms with van der Waals surface area (Å²) in [6.45, 7) is 4.18. The molecule has 0 saturated carbocycles. The number of aromatic nitrogens is 2. The fourth-order valence-corrected chi connectivity index (χ4v) is 3.85. The largest absolute Gasteiger partial charge is 0.454 e. The maximum Gasteiger partial charge on any atom is 0.156 e. The van der Waals surface area contributed by atoms with Crippen LogP contribution >= 0.6 is 0 Å². The van der Waals surface area contributed by atoms with Crippen molar-refractivity contribution in [1.82, 2.24) is 9.97 Å². The van der Waals surface area contributed by atoms with Crippen LogP contribution in [0.5, 0.6) is 0 Å². The van der Waals surface area contributed by atoms with Gasteiger partial charge in [-0.15, -0.1) is 0 Å². The van der Waals surface area contributed by atoms with Gasteiger partial charge < -0.3 is 8.83 Å². The van der Waals surface area contributed by atoms with Crippen molar-refractivity contribution in [2.24, 2.45) is 0 Å². The van der Waals surface area contributed by atoms with Gasteiger partial charge in [-0.1, -0.05) is 36.4 Å². The Bertz CT molecular complexity index is 1390. The van der Waals surface area contributed by atoms with E-state index in [1.165, 1.54) is 11.1 Å². The number of furan rings is 2. The normalized spacial score (nSPS) is 11.7. The van der Waals surface area contributed by atoms with E-state index in [2.05, 4.69) is 26.0 Å². The SMILES string of the molecule is Cc1cc2nc(-c3cc4ccccc4o3)c(-c3cc4ccccc4o3)nc2cc1C. The van der Waals surface area contributed by atoms with Crippen molar-refractivity contribution in [2.75, 3.05) is 0 Å². The lowest BCUT2D eigenvalue weighted by Gasteiger charge is -2.08. The average molecular weight is 390 g/mol. The number of rotatable bonds is 2. The molecule has 0 saturated heterocycles. The molecule has 0 amide bonds. The molecule has 0 aliphatic carbocycles. The first-order chi connectivity index (χ1) is 14.7. The van der Waals surface area contributed by atoms with Crippen LogP contribution in [0.4, 0.5) is 0 Å². The van der Waals surface area contributed by atoms with Crippen LogP contribution in [0.2, 0.25) is 0 Å². The van der Waals surface area contributed by atoms with Gasteiger partial charge in [-0.3, -0.25) is 0 Å². The predicted octanol–water partition coefficient (Wildman–Crippen LogP) is 7.07. The monoisotopic (exact) mass is 390 g/mol. The van der Waals surface area contributed by atoms with E-state index in [1.54, 1.807) is 0 Å². The second-order valence-electron chi connectivity index (χ2n) is 7.64. The van der Waals surface area contributed by atoms with Gasteiger partial charge in [-0.2, -0.15) is 0 Å². The minimum atomic E-state index is 0.680. The van der Waals surface area contributed by atoms with E-state index in [0.717, 1.165) is 33.0 Å². The van der Waals surface area contributed by atoms with E-state index in [9.17, 15) is 0 Å². The van der Waals surface area contributed by atoms with E-state index in [0.29, 0.717) is 22.9 Å². The molecule has 4 heteroatoms. The van der Waals surface area contributed by atoms with Crippen LogP contribution in [0.3, 0.4) is 0 Å². The molecule has 0 fully saturated rings. The minimum Gasteiger partial charge on any atom is -0.454 e. The summed E-state index contributed by atoms with van der Waals surface area (Å²) in [7, 11) is 0. The van der Waals surface area contributed by atoms with Gasteiger partial charge in [0.2, 0.25) is 0 Å². The molecule has 4 nitrogen and oxygen atoms in total. The third-order valence-electron chi connectivity index (χ3n) is 5.60. The molecule has 3 heterocycles. The molecule has 30 heavy (non-hydrogen) atoms. The van der Waals surface area contributed by atoms with Gasteiger partial charge in [-0.05, 0) is 61.4 Å². The molecule has 3 aromatic carbocycles. The van der Waals surface area contributed by atoms with Crippen LogP contribution in [-0.4, -0.2) is 9.97 Å². The number of para-hydroxylation sites is 2. The fourth-order valence-electron chi connectivity index (χ4n) is 3.85. The lowest BCUT2D eigenvalue weighted by molar-refractivity contribution is 0.619. The third kappa shape index (κ3) is 2.61. The van der Waals surface area contributed by atoms with Crippen LogP contribution < -0.4 is 0 Å². The third-order valence-corrected chi connectivity index (χ3v) is 5.60. The Labute approximate surface area is 172 Å². The molecule has 0 radical (unpaired) electrons. The summed E-state index contributed by atoms with van der Waals surface area (Å²) in [6, 6.07) is 24.1. The van der Waals surface area contributed by atoms with Crippen LogP contribution in [0.1, 0.15) is 11.1 Å². The summed E-state index contributed by atoms with van der Waals surface area (Å²) in [4.78, 5) is 9.95. The van der Waals surface area contributed by atoms with Crippen molar-refractivity contribution < 1.29 is 8.83 Å². The van der Waals surface area contributed by atoms with Crippen molar-refractivity contribution in [3.05, 3.63) is 83.9 Å². The van der Waals surface area contributed by atoms with Gasteiger partial charge >= 0.3 is 0 Å². The zero-order valence-corrected chi connectivity index (χ0v) is 16.6. The maximum absolute atomic E-state index is 6.15. The molecule has 0 aliphatic heterocycles. The number of benzene rings is 3. The van der Waals surface area contributed by atoms with E-state index < -0.39 is 0 Å². The first-order valence-corrected chi connectivity index (χ1v) is 9.93. The lowest BCUT2D eigenvalue weighted by Crippen LogP contribution is -1.95. The number of hydrogen-bond acceptors (Lipinski definition) is 4. The molecule has 6 rings (SSSR count). The quantitative estimate of drug-likeness (QED) is 0.317. The van der Waals surface area contributed by atoms with E-state index in [4.69, 9.17) is 18.8 Å². The Morgan fingerprint density at radius 2 is 1.00 bits per heavy atom. The Morgan fingerprint density at radius 3 is 1.43 bits per heavy atom. The van der Waals surface area contributed by atoms with Crippen LogP contribution in [0.15, 0.2) is 81.6 Å². The summed E-state index contributed by atoms with van der Waals surface area (Å²) < 4.78 is 12.3. The molecule has 0 unspecified atom stereocenters. The van der Waals surface area contributed by atoms with E-state index >= 15 is 0 Å². The fraction of sp³-hybridized carbons (Fsp3) is 0.0769. The Kier molecular flexibility index (Phi) is 3.56. The number of fused-ring (bicyclic) bond motifs is 3. The summed E-state index contributed by atoms with van der Waals surface area (Å²) in [5.74, 6) is 1.36. The maximum atomic E-state index is 6.15. The summed E-state index contributed by atoms with van der Waals surface area (Å²) >= 11 is 0. The molecular formula is C26H18N2O2. The van der Waals surface area contributed by atoms with Gasteiger partial charge in [0.1, 0.15) is 22.6 Å². The molecule has 0 bridgehead atoms. The summed E-state index contributed by atoms with van der Waals surface area (Å²) in [5, 5.41) is 2.06. The van der Waals surface area contributed by atoms with E-state index in [1.807, 2.05) is 60.7 Å². The van der Waals surface area contributed by atoms with Crippen LogP contribution in [-0.2, 0) is 0 Å². The highest BCUT2D eigenvalue weighted by atomic mass is 16.3. The van der Waals surface area contributed by atoms with Crippen molar-refractivity contribution >= 4 is 33.0 Å². The average Bonchev–Trinajstić information content (AvgIpc) is 3.38. The highest BCUT2D eigenvalue weighted by molar-refractivity contribution is 5.91. The molecule has 0 spiro atoms.